The molecule has 4 aliphatic carbocycles. The smallest absolute Gasteiger partial charge is 0.305 e. The van der Waals surface area contributed by atoms with Gasteiger partial charge < -0.3 is 29.5 Å². The van der Waals surface area contributed by atoms with E-state index in [2.05, 4.69) is 47.6 Å². The van der Waals surface area contributed by atoms with Crippen molar-refractivity contribution in [2.45, 2.75) is 284 Å². The van der Waals surface area contributed by atoms with Gasteiger partial charge in [-0.1, -0.05) is 194 Å². The Bertz CT molecular complexity index is 1320. The van der Waals surface area contributed by atoms with Crippen LogP contribution < -0.4 is 0 Å². The number of unbranched alkanes of at least 4 members (excludes halogenated alkanes) is 19. The summed E-state index contributed by atoms with van der Waals surface area (Å²) < 4.78 is 18.1. The van der Waals surface area contributed by atoms with Gasteiger partial charge in [-0.3, -0.25) is 4.79 Å². The number of carbonyl (C=O) groups excluding carboxylic acids is 1. The molecule has 63 heavy (non-hydrogen) atoms. The Morgan fingerprint density at radius 1 is 0.698 bits per heavy atom. The lowest BCUT2D eigenvalue weighted by atomic mass is 9.47. The van der Waals surface area contributed by atoms with Gasteiger partial charge in [0.05, 0.1) is 6.10 Å². The van der Waals surface area contributed by atoms with Crippen molar-refractivity contribution in [3.8, 4) is 0 Å². The summed E-state index contributed by atoms with van der Waals surface area (Å²) in [6, 6.07) is 0. The zero-order chi connectivity index (χ0) is 45.2. The molecule has 0 aromatic heterocycles. The molecule has 1 aliphatic heterocycles. The molecule has 7 nitrogen and oxygen atoms in total. The van der Waals surface area contributed by atoms with Crippen molar-refractivity contribution in [1.29, 1.82) is 0 Å². The lowest BCUT2D eigenvalue weighted by Crippen LogP contribution is -2.60. The van der Waals surface area contributed by atoms with Gasteiger partial charge >= 0.3 is 5.97 Å². The topological polar surface area (TPSA) is 105 Å². The van der Waals surface area contributed by atoms with Crippen LogP contribution in [-0.4, -0.2) is 64.7 Å². The Kier molecular flexibility index (Phi) is 22.8. The van der Waals surface area contributed by atoms with E-state index in [0.717, 1.165) is 74.5 Å². The van der Waals surface area contributed by atoms with Crippen molar-refractivity contribution >= 4 is 5.97 Å². The summed E-state index contributed by atoms with van der Waals surface area (Å²) in [5.74, 6) is 4.45. The van der Waals surface area contributed by atoms with Crippen LogP contribution in [0.4, 0.5) is 0 Å². The molecule has 7 heteroatoms. The van der Waals surface area contributed by atoms with Crippen LogP contribution in [0.25, 0.3) is 0 Å². The molecule has 0 radical (unpaired) electrons. The van der Waals surface area contributed by atoms with E-state index in [4.69, 9.17) is 14.2 Å². The summed E-state index contributed by atoms with van der Waals surface area (Å²) in [5.41, 5.74) is 2.15. The number of carbonyl (C=O) groups is 1. The molecule has 13 atom stereocenters. The SMILES string of the molecule is CCCCCCCCCCCCCCCCCCCCCCC(=O)OCC1OC(OC2CCC3(C)C(=CCC4C3CCC3(C)C(C(C)CCCC(C)C)CCC43)C2)C(O)C(O)C1O. The summed E-state index contributed by atoms with van der Waals surface area (Å²) >= 11 is 0. The molecule has 5 aliphatic rings. The highest BCUT2D eigenvalue weighted by molar-refractivity contribution is 5.69. The number of hydrogen-bond donors (Lipinski definition) is 3. The third-order valence-corrected chi connectivity index (χ3v) is 17.9. The Labute approximate surface area is 387 Å². The molecule has 1 saturated heterocycles. The van der Waals surface area contributed by atoms with E-state index in [1.165, 1.54) is 160 Å². The number of allylic oxidation sites excluding steroid dienone is 1. The van der Waals surface area contributed by atoms with Crippen LogP contribution in [0.1, 0.15) is 247 Å². The number of hydrogen-bond acceptors (Lipinski definition) is 7. The molecule has 0 spiro atoms. The van der Waals surface area contributed by atoms with Gasteiger partial charge in [-0.25, -0.2) is 0 Å². The van der Waals surface area contributed by atoms with Crippen molar-refractivity contribution in [2.75, 3.05) is 6.61 Å². The summed E-state index contributed by atoms with van der Waals surface area (Å²) in [5, 5.41) is 32.6. The van der Waals surface area contributed by atoms with Crippen molar-refractivity contribution in [1.82, 2.24) is 0 Å². The lowest BCUT2D eigenvalue weighted by Gasteiger charge is -2.58. The van der Waals surface area contributed by atoms with Gasteiger partial charge in [0.1, 0.15) is 31.0 Å². The average Bonchev–Trinajstić information content (AvgIpc) is 3.62. The van der Waals surface area contributed by atoms with E-state index in [9.17, 15) is 20.1 Å². The van der Waals surface area contributed by atoms with Gasteiger partial charge in [0.15, 0.2) is 6.29 Å². The standard InChI is InChI=1S/C56H100O7/c1-7-8-9-10-11-12-13-14-15-16-17-18-19-20-21-22-23-24-25-26-30-50(57)61-40-49-51(58)52(59)53(60)54(63-49)62-44-35-37-55(5)43(39-44)31-32-45-47-34-33-46(42(4)29-27-28-41(2)3)56(47,6)38-36-48(45)55/h31,41-42,44-49,51-54,58-60H,7-30,32-40H2,1-6H3. The highest BCUT2D eigenvalue weighted by Gasteiger charge is 2.59. The van der Waals surface area contributed by atoms with Crippen molar-refractivity contribution in [3.63, 3.8) is 0 Å². The Balaban J connectivity index is 0.936. The zero-order valence-corrected chi connectivity index (χ0v) is 41.8. The molecular weight excluding hydrogens is 785 g/mol. The Morgan fingerprint density at radius 2 is 1.29 bits per heavy atom. The van der Waals surface area contributed by atoms with E-state index >= 15 is 0 Å². The molecule has 4 fully saturated rings. The van der Waals surface area contributed by atoms with E-state index < -0.39 is 30.7 Å². The molecule has 3 N–H and O–H groups in total. The number of aliphatic hydroxyl groups is 3. The molecule has 366 valence electrons. The molecule has 0 aromatic carbocycles. The first-order valence-corrected chi connectivity index (χ1v) is 27.6. The van der Waals surface area contributed by atoms with Gasteiger partial charge in [-0.05, 0) is 104 Å². The lowest BCUT2D eigenvalue weighted by molar-refractivity contribution is -0.313. The second-order valence-electron chi connectivity index (χ2n) is 23.0. The monoisotopic (exact) mass is 885 g/mol. The maximum absolute atomic E-state index is 12.7. The summed E-state index contributed by atoms with van der Waals surface area (Å²) in [6.07, 6.45) is 36.4. The second-order valence-corrected chi connectivity index (χ2v) is 23.0. The van der Waals surface area contributed by atoms with Gasteiger partial charge in [0, 0.05) is 6.42 Å². The van der Waals surface area contributed by atoms with E-state index in [1.54, 1.807) is 0 Å². The van der Waals surface area contributed by atoms with Crippen molar-refractivity contribution in [2.24, 2.45) is 46.3 Å². The number of fused-ring (bicyclic) bond motifs is 5. The maximum Gasteiger partial charge on any atom is 0.305 e. The zero-order valence-electron chi connectivity index (χ0n) is 41.8. The van der Waals surface area contributed by atoms with Crippen LogP contribution in [-0.2, 0) is 19.0 Å². The minimum atomic E-state index is -1.44. The highest BCUT2D eigenvalue weighted by Crippen LogP contribution is 2.67. The van der Waals surface area contributed by atoms with Gasteiger partial charge in [-0.15, -0.1) is 0 Å². The number of rotatable bonds is 30. The average molecular weight is 885 g/mol. The van der Waals surface area contributed by atoms with Crippen LogP contribution >= 0.6 is 0 Å². The van der Waals surface area contributed by atoms with Crippen LogP contribution in [0, 0.1) is 46.3 Å². The van der Waals surface area contributed by atoms with Gasteiger partial charge in [-0.2, -0.15) is 0 Å². The molecule has 0 aromatic rings. The number of esters is 1. The molecule has 1 heterocycles. The van der Waals surface area contributed by atoms with Crippen LogP contribution in [0.3, 0.4) is 0 Å². The summed E-state index contributed by atoms with van der Waals surface area (Å²) in [4.78, 5) is 12.7. The first-order valence-electron chi connectivity index (χ1n) is 27.6. The first-order chi connectivity index (χ1) is 30.4. The van der Waals surface area contributed by atoms with E-state index in [0.29, 0.717) is 17.8 Å². The molecular formula is C56H100O7. The number of ether oxygens (including phenoxy) is 3. The largest absolute Gasteiger partial charge is 0.463 e. The first kappa shape index (κ1) is 53.0. The van der Waals surface area contributed by atoms with Gasteiger partial charge in [0.2, 0.25) is 0 Å². The van der Waals surface area contributed by atoms with Crippen LogP contribution in [0.15, 0.2) is 11.6 Å². The molecule has 13 unspecified atom stereocenters. The van der Waals surface area contributed by atoms with E-state index in [1.807, 2.05) is 0 Å². The predicted molar refractivity (Wildman–Crippen MR) is 258 cm³/mol. The summed E-state index contributed by atoms with van der Waals surface area (Å²) in [7, 11) is 0. The minimum absolute atomic E-state index is 0.137. The summed E-state index contributed by atoms with van der Waals surface area (Å²) in [6.45, 7) is 14.6. The quantitative estimate of drug-likeness (QED) is 0.0375. The fraction of sp³-hybridized carbons (Fsp3) is 0.946. The normalized spacial score (nSPS) is 34.6. The molecule has 0 bridgehead atoms. The third kappa shape index (κ3) is 15.3. The molecule has 0 amide bonds. The predicted octanol–water partition coefficient (Wildman–Crippen LogP) is 14.0. The van der Waals surface area contributed by atoms with Crippen LogP contribution in [0.5, 0.6) is 0 Å². The van der Waals surface area contributed by atoms with Crippen LogP contribution in [0.2, 0.25) is 0 Å². The van der Waals surface area contributed by atoms with E-state index in [-0.39, 0.29) is 24.1 Å². The Hall–Kier alpha value is -0.990. The van der Waals surface area contributed by atoms with Gasteiger partial charge in [0.25, 0.3) is 0 Å². The maximum atomic E-state index is 12.7. The third-order valence-electron chi connectivity index (χ3n) is 17.9. The Morgan fingerprint density at radius 3 is 1.87 bits per heavy atom. The molecule has 3 saturated carbocycles. The number of aliphatic hydroxyl groups excluding tert-OH is 3. The fourth-order valence-electron chi connectivity index (χ4n) is 13.9. The van der Waals surface area contributed by atoms with Crippen molar-refractivity contribution in [3.05, 3.63) is 11.6 Å². The highest BCUT2D eigenvalue weighted by atomic mass is 16.7. The minimum Gasteiger partial charge on any atom is -0.463 e. The molecule has 5 rings (SSSR count). The van der Waals surface area contributed by atoms with Crippen molar-refractivity contribution < 1.29 is 34.3 Å². The second kappa shape index (κ2) is 27.1. The fourth-order valence-corrected chi connectivity index (χ4v) is 13.9.